The van der Waals surface area contributed by atoms with Crippen LogP contribution in [0.15, 0.2) is 60.3 Å². The largest absolute Gasteiger partial charge is 0.103 e. The average Bonchev–Trinajstić information content (AvgIpc) is 3.05. The molecule has 2 aliphatic carbocycles. The molecule has 0 atom stereocenters. The van der Waals surface area contributed by atoms with Gasteiger partial charge >= 0.3 is 0 Å². The van der Waals surface area contributed by atoms with Crippen LogP contribution in [0, 0.1) is 10.8 Å². The highest BCUT2D eigenvalue weighted by molar-refractivity contribution is 5.55. The molecule has 0 radical (unpaired) electrons. The molecule has 0 aromatic carbocycles. The predicted molar refractivity (Wildman–Crippen MR) is 136 cm³/mol. The van der Waals surface area contributed by atoms with Crippen molar-refractivity contribution < 1.29 is 0 Å². The Kier molecular flexibility index (Phi) is 10.4. The number of hydrogen-bond acceptors (Lipinski definition) is 0. The highest BCUT2D eigenvalue weighted by Gasteiger charge is 2.40. The molecule has 0 aromatic heterocycles. The normalized spacial score (nSPS) is 19.0. The molecule has 168 valence electrons. The molecule has 0 amide bonds. The fourth-order valence-corrected chi connectivity index (χ4v) is 5.76. The van der Waals surface area contributed by atoms with Crippen LogP contribution in [-0.2, 0) is 0 Å². The van der Waals surface area contributed by atoms with Crippen LogP contribution in [0.1, 0.15) is 117 Å². The monoisotopic (exact) mass is 408 g/mol. The fraction of sp³-hybridized carbons (Fsp3) is 0.667. The third-order valence-electron chi connectivity index (χ3n) is 7.40. The summed E-state index contributed by atoms with van der Waals surface area (Å²) in [5.74, 6) is 0. The van der Waals surface area contributed by atoms with E-state index in [0.29, 0.717) is 5.41 Å². The lowest BCUT2D eigenvalue weighted by molar-refractivity contribution is 0.336. The van der Waals surface area contributed by atoms with Gasteiger partial charge in [-0.15, -0.1) is 13.2 Å². The summed E-state index contributed by atoms with van der Waals surface area (Å²) >= 11 is 0. The molecule has 2 aliphatic rings. The number of unbranched alkanes of at least 4 members (excludes halogenated alkanes) is 6. The minimum atomic E-state index is 0.207. The Balaban J connectivity index is 2.40. The van der Waals surface area contributed by atoms with Crippen molar-refractivity contribution in [2.45, 2.75) is 117 Å². The SMILES string of the molecule is C=CCC1(CC=C)C=C2C=C(CCCCC)C(CCCCC)(CCCCC)C=C2C1. The zero-order chi connectivity index (χ0) is 21.9. The van der Waals surface area contributed by atoms with Gasteiger partial charge in [0.05, 0.1) is 0 Å². The van der Waals surface area contributed by atoms with E-state index in [2.05, 4.69) is 64.3 Å². The van der Waals surface area contributed by atoms with Crippen molar-refractivity contribution in [3.05, 3.63) is 60.3 Å². The first kappa shape index (κ1) is 25.0. The minimum absolute atomic E-state index is 0.207. The van der Waals surface area contributed by atoms with Crippen molar-refractivity contribution in [1.82, 2.24) is 0 Å². The molecule has 0 unspecified atom stereocenters. The van der Waals surface area contributed by atoms with Crippen molar-refractivity contribution in [3.8, 4) is 0 Å². The van der Waals surface area contributed by atoms with Gasteiger partial charge in [0, 0.05) is 5.41 Å². The quantitative estimate of drug-likeness (QED) is 0.176. The highest BCUT2D eigenvalue weighted by Crippen LogP contribution is 2.54. The lowest BCUT2D eigenvalue weighted by Gasteiger charge is -2.38. The summed E-state index contributed by atoms with van der Waals surface area (Å²) in [6, 6.07) is 0. The first-order valence-corrected chi connectivity index (χ1v) is 13.0. The van der Waals surface area contributed by atoms with E-state index in [1.165, 1.54) is 89.0 Å². The van der Waals surface area contributed by atoms with Crippen LogP contribution in [0.3, 0.4) is 0 Å². The molecule has 0 spiro atoms. The van der Waals surface area contributed by atoms with Gasteiger partial charge in [-0.1, -0.05) is 108 Å². The maximum absolute atomic E-state index is 4.06. The van der Waals surface area contributed by atoms with E-state index in [1.807, 2.05) is 0 Å². The van der Waals surface area contributed by atoms with E-state index in [4.69, 9.17) is 0 Å². The van der Waals surface area contributed by atoms with Crippen molar-refractivity contribution in [1.29, 1.82) is 0 Å². The third kappa shape index (κ3) is 6.35. The standard InChI is InChI=1S/C30H48/c1-6-11-14-17-28-22-26-23-29(18-9-4,19-10-5)24-27(26)25-30(28,20-15-12-7-2)21-16-13-8-3/h9-10,22-23,25H,4-8,11-21,24H2,1-3H3. The second kappa shape index (κ2) is 12.5. The summed E-state index contributed by atoms with van der Waals surface area (Å²) in [6.45, 7) is 15.1. The van der Waals surface area contributed by atoms with Gasteiger partial charge in [-0.05, 0) is 61.5 Å². The zero-order valence-electron chi connectivity index (χ0n) is 20.4. The average molecular weight is 409 g/mol. The summed E-state index contributed by atoms with van der Waals surface area (Å²) in [7, 11) is 0. The summed E-state index contributed by atoms with van der Waals surface area (Å²) < 4.78 is 0. The van der Waals surface area contributed by atoms with E-state index < -0.39 is 0 Å². The molecular weight excluding hydrogens is 360 g/mol. The van der Waals surface area contributed by atoms with Crippen molar-refractivity contribution in [3.63, 3.8) is 0 Å². The van der Waals surface area contributed by atoms with E-state index in [1.54, 1.807) is 11.1 Å². The molecule has 2 rings (SSSR count). The van der Waals surface area contributed by atoms with Crippen LogP contribution < -0.4 is 0 Å². The van der Waals surface area contributed by atoms with Crippen LogP contribution in [0.25, 0.3) is 0 Å². The smallest absolute Gasteiger partial charge is 0.0100 e. The number of allylic oxidation sites excluding steroid dienone is 8. The van der Waals surface area contributed by atoms with Crippen molar-refractivity contribution in [2.24, 2.45) is 10.8 Å². The highest BCUT2D eigenvalue weighted by atomic mass is 14.4. The first-order chi connectivity index (χ1) is 14.6. The van der Waals surface area contributed by atoms with Gasteiger partial charge in [0.2, 0.25) is 0 Å². The molecule has 0 heterocycles. The zero-order valence-corrected chi connectivity index (χ0v) is 20.4. The Hall–Kier alpha value is -1.30. The summed E-state index contributed by atoms with van der Waals surface area (Å²) in [4.78, 5) is 0. The van der Waals surface area contributed by atoms with Gasteiger partial charge in [-0.25, -0.2) is 0 Å². The number of fused-ring (bicyclic) bond motifs is 1. The predicted octanol–water partition coefficient (Wildman–Crippen LogP) is 10.0. The van der Waals surface area contributed by atoms with Gasteiger partial charge < -0.3 is 0 Å². The van der Waals surface area contributed by atoms with Crippen molar-refractivity contribution >= 4 is 0 Å². The minimum Gasteiger partial charge on any atom is -0.103 e. The van der Waals surface area contributed by atoms with Crippen LogP contribution in [0.4, 0.5) is 0 Å². The first-order valence-electron chi connectivity index (χ1n) is 13.0. The molecule has 30 heavy (non-hydrogen) atoms. The van der Waals surface area contributed by atoms with E-state index >= 15 is 0 Å². The van der Waals surface area contributed by atoms with E-state index in [0.717, 1.165) is 12.8 Å². The van der Waals surface area contributed by atoms with E-state index in [-0.39, 0.29) is 5.41 Å². The van der Waals surface area contributed by atoms with Crippen molar-refractivity contribution in [2.75, 3.05) is 0 Å². The molecule has 0 aliphatic heterocycles. The summed E-state index contributed by atoms with van der Waals surface area (Å²) in [5, 5.41) is 0. The molecule has 0 heteroatoms. The topological polar surface area (TPSA) is 0 Å². The third-order valence-corrected chi connectivity index (χ3v) is 7.40. The Morgan fingerprint density at radius 1 is 0.800 bits per heavy atom. The molecule has 0 aromatic rings. The summed E-state index contributed by atoms with van der Waals surface area (Å²) in [5.41, 5.74) is 5.39. The molecule has 0 saturated carbocycles. The van der Waals surface area contributed by atoms with Crippen LogP contribution in [0.2, 0.25) is 0 Å². The second-order valence-electron chi connectivity index (χ2n) is 9.99. The van der Waals surface area contributed by atoms with Crippen LogP contribution >= 0.6 is 0 Å². The van der Waals surface area contributed by atoms with Gasteiger partial charge in [-0.3, -0.25) is 0 Å². The molecule has 0 saturated heterocycles. The molecule has 0 nitrogen and oxygen atoms in total. The molecule has 0 N–H and O–H groups in total. The van der Waals surface area contributed by atoms with Crippen LogP contribution in [-0.4, -0.2) is 0 Å². The lowest BCUT2D eigenvalue weighted by Crippen LogP contribution is -2.25. The molecule has 0 fully saturated rings. The second-order valence-corrected chi connectivity index (χ2v) is 9.99. The van der Waals surface area contributed by atoms with Gasteiger partial charge in [-0.2, -0.15) is 0 Å². The Morgan fingerprint density at radius 3 is 1.90 bits per heavy atom. The number of rotatable bonds is 16. The lowest BCUT2D eigenvalue weighted by atomic mass is 9.66. The maximum atomic E-state index is 4.06. The summed E-state index contributed by atoms with van der Waals surface area (Å²) in [6.07, 6.45) is 31.5. The molecular formula is C30H48. The fourth-order valence-electron chi connectivity index (χ4n) is 5.76. The Morgan fingerprint density at radius 2 is 1.37 bits per heavy atom. The Labute approximate surface area is 188 Å². The Bertz CT molecular complexity index is 619. The van der Waals surface area contributed by atoms with Gasteiger partial charge in [0.1, 0.15) is 0 Å². The van der Waals surface area contributed by atoms with E-state index in [9.17, 15) is 0 Å². The number of hydrogen-bond donors (Lipinski definition) is 0. The van der Waals surface area contributed by atoms with Gasteiger partial charge in [0.15, 0.2) is 0 Å². The molecule has 0 bridgehead atoms. The van der Waals surface area contributed by atoms with Gasteiger partial charge in [0.25, 0.3) is 0 Å². The maximum Gasteiger partial charge on any atom is 0.0100 e. The van der Waals surface area contributed by atoms with Crippen LogP contribution in [0.5, 0.6) is 0 Å².